The number of hydroxylamine groups is 4. The number of hydrogen-bond donors (Lipinski definition) is 4. The Morgan fingerprint density at radius 3 is 1.04 bits per heavy atom. The molecule has 5 aromatic rings. The van der Waals surface area contributed by atoms with Crippen molar-refractivity contribution in [1.29, 1.82) is 0 Å². The maximum atomic E-state index is 16.0. The summed E-state index contributed by atoms with van der Waals surface area (Å²) >= 11 is 0. The van der Waals surface area contributed by atoms with Gasteiger partial charge in [0, 0.05) is 34.7 Å². The Bertz CT molecular complexity index is 3190. The zero-order valence-corrected chi connectivity index (χ0v) is 54.7. The fraction of sp³-hybridized carbons (Fsp3) is 0.479. The lowest BCUT2D eigenvalue weighted by Crippen LogP contribution is -2.65. The number of piperidine rings is 2. The SMILES string of the molecule is CC(c1ccccc1)N(CC(N)=O)C(=O)CN(C(=O)CN(C(=O)CN(C(=O)CN(C(=O)CN(C(=O)CNC1CC(C)N(O)C(C)(C)C1)[C@H](C)c1ccccc1)C(C)c1ccccc1)C1CC(C)(C)N(O)C(C)(C)C1)[C@H](C)c1ccccc1)[C@H](C)c1ccccc1. The molecule has 2 aliphatic heterocycles. The second-order valence-corrected chi connectivity index (χ2v) is 26.6. The fourth-order valence-corrected chi connectivity index (χ4v) is 13.3. The number of nitrogens with one attached hydrogen (secondary N) is 1. The van der Waals surface area contributed by atoms with E-state index in [1.165, 1.54) is 39.5 Å². The molecule has 7 atom stereocenters. The molecule has 7 rings (SSSR count). The van der Waals surface area contributed by atoms with Gasteiger partial charge in [0.15, 0.2) is 0 Å². The molecule has 0 spiro atoms. The van der Waals surface area contributed by atoms with Crippen LogP contribution in [0.5, 0.6) is 0 Å². The number of carbonyl (C=O) groups excluding carboxylic acids is 7. The van der Waals surface area contributed by atoms with Crippen LogP contribution >= 0.6 is 0 Å². The summed E-state index contributed by atoms with van der Waals surface area (Å²) in [6.07, 6.45) is 1.59. The van der Waals surface area contributed by atoms with Gasteiger partial charge in [-0.25, -0.2) is 0 Å². The number of primary amides is 1. The van der Waals surface area contributed by atoms with Crippen LogP contribution in [-0.2, 0) is 33.6 Å². The molecule has 0 radical (unpaired) electrons. The van der Waals surface area contributed by atoms with Crippen LogP contribution in [0.1, 0.15) is 167 Å². The first kappa shape index (κ1) is 69.7. The van der Waals surface area contributed by atoms with E-state index in [9.17, 15) is 24.8 Å². The number of rotatable bonds is 26. The third-order valence-corrected chi connectivity index (χ3v) is 18.5. The molecule has 5 aromatic carbocycles. The van der Waals surface area contributed by atoms with Gasteiger partial charge in [-0.3, -0.25) is 33.6 Å². The molecule has 19 heteroatoms. The van der Waals surface area contributed by atoms with Gasteiger partial charge in [0.2, 0.25) is 41.4 Å². The number of carbonyl (C=O) groups is 7. The Morgan fingerprint density at radius 2 is 0.733 bits per heavy atom. The Labute approximate surface area is 532 Å². The number of benzene rings is 5. The van der Waals surface area contributed by atoms with E-state index in [-0.39, 0.29) is 37.4 Å². The average molecular weight is 1230 g/mol. The highest BCUT2D eigenvalue weighted by molar-refractivity contribution is 5.93. The lowest BCUT2D eigenvalue weighted by molar-refractivity contribution is -0.251. The molecule has 7 amide bonds. The Kier molecular flexibility index (Phi) is 23.5. The van der Waals surface area contributed by atoms with E-state index in [2.05, 4.69) is 5.32 Å². The van der Waals surface area contributed by atoms with E-state index in [0.29, 0.717) is 24.0 Å². The van der Waals surface area contributed by atoms with E-state index < -0.39 is 128 Å². The maximum Gasteiger partial charge on any atom is 0.243 e. The quantitative estimate of drug-likeness (QED) is 0.0407. The van der Waals surface area contributed by atoms with Gasteiger partial charge < -0.3 is 50.9 Å². The van der Waals surface area contributed by atoms with Gasteiger partial charge in [-0.2, -0.15) is 10.1 Å². The van der Waals surface area contributed by atoms with E-state index >= 15 is 19.2 Å². The maximum absolute atomic E-state index is 16.0. The minimum absolute atomic E-state index is 0.0949. The van der Waals surface area contributed by atoms with Gasteiger partial charge in [0.25, 0.3) is 0 Å². The highest BCUT2D eigenvalue weighted by atomic mass is 16.5. The van der Waals surface area contributed by atoms with Gasteiger partial charge in [-0.05, 0) is 137 Å². The van der Waals surface area contributed by atoms with Crippen molar-refractivity contribution >= 4 is 41.4 Å². The highest BCUT2D eigenvalue weighted by Gasteiger charge is 2.49. The molecule has 0 bridgehead atoms. The molecule has 90 heavy (non-hydrogen) atoms. The largest absolute Gasteiger partial charge is 0.368 e. The third kappa shape index (κ3) is 17.4. The summed E-state index contributed by atoms with van der Waals surface area (Å²) in [5.74, 6) is -3.90. The van der Waals surface area contributed by atoms with Crippen molar-refractivity contribution in [3.8, 4) is 0 Å². The molecule has 2 aliphatic rings. The first-order chi connectivity index (χ1) is 42.5. The molecule has 4 unspecified atom stereocenters. The number of hydrogen-bond acceptors (Lipinski definition) is 12. The summed E-state index contributed by atoms with van der Waals surface area (Å²) in [6, 6.07) is 41.9. The van der Waals surface area contributed by atoms with E-state index in [0.717, 1.165) is 16.7 Å². The zero-order valence-electron chi connectivity index (χ0n) is 54.7. The molecule has 19 nitrogen and oxygen atoms in total. The normalized spacial score (nSPS) is 19.0. The van der Waals surface area contributed by atoms with Crippen molar-refractivity contribution in [1.82, 2.24) is 44.8 Å². The van der Waals surface area contributed by atoms with Crippen molar-refractivity contribution in [2.75, 3.05) is 45.8 Å². The van der Waals surface area contributed by atoms with Crippen LogP contribution in [0.3, 0.4) is 0 Å². The summed E-state index contributed by atoms with van der Waals surface area (Å²) < 4.78 is 0. The fourth-order valence-electron chi connectivity index (χ4n) is 13.3. The summed E-state index contributed by atoms with van der Waals surface area (Å²) in [6.45, 7) is 19.4. The zero-order chi connectivity index (χ0) is 65.8. The minimum Gasteiger partial charge on any atom is -0.368 e. The first-order valence-corrected chi connectivity index (χ1v) is 31.5. The molecule has 484 valence electrons. The molecule has 2 heterocycles. The monoisotopic (exact) mass is 1230 g/mol. The van der Waals surface area contributed by atoms with Gasteiger partial charge >= 0.3 is 0 Å². The molecular formula is C71H96N10O9. The second kappa shape index (κ2) is 30.3. The van der Waals surface area contributed by atoms with Crippen LogP contribution in [0.2, 0.25) is 0 Å². The molecule has 0 aliphatic carbocycles. The van der Waals surface area contributed by atoms with Gasteiger partial charge in [-0.1, -0.05) is 152 Å². The number of amides is 7. The topological polar surface area (TPSA) is 224 Å². The second-order valence-electron chi connectivity index (χ2n) is 26.6. The standard InChI is InChI=1S/C71H96N10O9/c1-49-38-60(39-69(7,8)80(49)89)73-42-63(83)75(51(3)56-30-20-14-21-31-56)44-65(85)78(54(6)59-36-26-17-27-37-59)47-68(88)79(61-40-70(9,10)81(90)71(11,12)41-61)48-67(87)77(53(5)58-34-24-16-25-35-58)46-66(86)76(52(4)57-32-22-15-23-33-57)45-64(84)74(43-62(72)82)50(2)55-28-18-13-19-29-55/h13-37,49-54,60-61,73,89-90H,38-48H2,1-12H3,(H2,72,82)/t49?,50?,51-,52-,53-,54?,60?/m1/s1. The third-order valence-electron chi connectivity index (χ3n) is 18.5. The summed E-state index contributed by atoms with van der Waals surface area (Å²) in [4.78, 5) is 114. The molecule has 2 saturated heterocycles. The first-order valence-electron chi connectivity index (χ1n) is 31.5. The Balaban J connectivity index is 1.26. The summed E-state index contributed by atoms with van der Waals surface area (Å²) in [7, 11) is 0. The van der Waals surface area contributed by atoms with Crippen molar-refractivity contribution in [2.24, 2.45) is 5.73 Å². The lowest BCUT2D eigenvalue weighted by atomic mass is 9.78. The van der Waals surface area contributed by atoms with Crippen molar-refractivity contribution < 1.29 is 44.0 Å². The van der Waals surface area contributed by atoms with Crippen LogP contribution in [0.25, 0.3) is 0 Å². The van der Waals surface area contributed by atoms with Gasteiger partial charge in [0.05, 0.1) is 43.3 Å². The average Bonchev–Trinajstić information content (AvgIpc) is 0.873. The Morgan fingerprint density at radius 1 is 0.444 bits per heavy atom. The van der Waals surface area contributed by atoms with E-state index in [4.69, 9.17) is 5.73 Å². The van der Waals surface area contributed by atoms with E-state index in [1.54, 1.807) is 20.8 Å². The molecule has 2 fully saturated rings. The molecule has 0 aromatic heterocycles. The number of nitrogens with zero attached hydrogens (tertiary/aromatic N) is 8. The minimum atomic E-state index is -0.916. The molecule has 5 N–H and O–H groups in total. The predicted molar refractivity (Wildman–Crippen MR) is 347 cm³/mol. The van der Waals surface area contributed by atoms with Crippen LogP contribution in [-0.4, -0.2) is 172 Å². The van der Waals surface area contributed by atoms with E-state index in [1.807, 2.05) is 214 Å². The van der Waals surface area contributed by atoms with Crippen LogP contribution < -0.4 is 11.1 Å². The van der Waals surface area contributed by atoms with Gasteiger partial charge in [-0.15, -0.1) is 0 Å². The summed E-state index contributed by atoms with van der Waals surface area (Å²) in [5, 5.41) is 28.6. The highest BCUT2D eigenvalue weighted by Crippen LogP contribution is 2.40. The summed E-state index contributed by atoms with van der Waals surface area (Å²) in [5.41, 5.74) is 7.06. The Hall–Kier alpha value is -7.81. The van der Waals surface area contributed by atoms with Crippen molar-refractivity contribution in [3.05, 3.63) is 179 Å². The van der Waals surface area contributed by atoms with Crippen LogP contribution in [0, 0.1) is 0 Å². The van der Waals surface area contributed by atoms with Crippen LogP contribution in [0.4, 0.5) is 0 Å². The van der Waals surface area contributed by atoms with Crippen molar-refractivity contribution in [3.63, 3.8) is 0 Å². The number of nitrogens with two attached hydrogens (primary N) is 1. The van der Waals surface area contributed by atoms with Crippen LogP contribution in [0.15, 0.2) is 152 Å². The van der Waals surface area contributed by atoms with Crippen molar-refractivity contribution in [2.45, 2.75) is 174 Å². The van der Waals surface area contributed by atoms with Gasteiger partial charge in [0.1, 0.15) is 32.7 Å². The lowest BCUT2D eigenvalue weighted by Gasteiger charge is -2.53. The smallest absolute Gasteiger partial charge is 0.243 e. The molecular weight excluding hydrogens is 1140 g/mol. The molecule has 0 saturated carbocycles. The predicted octanol–water partition coefficient (Wildman–Crippen LogP) is 9.27.